The SMILES string of the molecule is CCNc1ncnc(NCCc2cnn(C)c2)c1OC. The van der Waals surface area contributed by atoms with Crippen LogP contribution in [0.1, 0.15) is 12.5 Å². The fourth-order valence-corrected chi connectivity index (χ4v) is 1.91. The van der Waals surface area contributed by atoms with Gasteiger partial charge in [-0.05, 0) is 18.9 Å². The van der Waals surface area contributed by atoms with Crippen molar-refractivity contribution in [1.29, 1.82) is 0 Å². The zero-order chi connectivity index (χ0) is 14.4. The number of aromatic nitrogens is 4. The molecule has 0 aliphatic carbocycles. The van der Waals surface area contributed by atoms with E-state index in [4.69, 9.17) is 4.74 Å². The van der Waals surface area contributed by atoms with Gasteiger partial charge in [-0.15, -0.1) is 0 Å². The van der Waals surface area contributed by atoms with Crippen LogP contribution in [0.3, 0.4) is 0 Å². The summed E-state index contributed by atoms with van der Waals surface area (Å²) in [5.74, 6) is 2.04. The minimum atomic E-state index is 0.639. The molecule has 7 heteroatoms. The summed E-state index contributed by atoms with van der Waals surface area (Å²) in [6, 6.07) is 0. The molecule has 0 fully saturated rings. The summed E-state index contributed by atoms with van der Waals surface area (Å²) in [4.78, 5) is 8.39. The van der Waals surface area contributed by atoms with E-state index in [9.17, 15) is 0 Å². The highest BCUT2D eigenvalue weighted by molar-refractivity contribution is 5.63. The van der Waals surface area contributed by atoms with Gasteiger partial charge in [-0.25, -0.2) is 9.97 Å². The largest absolute Gasteiger partial charge is 0.490 e. The number of hydrogen-bond acceptors (Lipinski definition) is 6. The first-order valence-corrected chi connectivity index (χ1v) is 6.58. The predicted molar refractivity (Wildman–Crippen MR) is 78.1 cm³/mol. The van der Waals surface area contributed by atoms with Crippen molar-refractivity contribution >= 4 is 11.6 Å². The van der Waals surface area contributed by atoms with Crippen LogP contribution in [0.4, 0.5) is 11.6 Å². The third-order valence-corrected chi connectivity index (χ3v) is 2.82. The zero-order valence-corrected chi connectivity index (χ0v) is 12.1. The first-order valence-electron chi connectivity index (χ1n) is 6.58. The summed E-state index contributed by atoms with van der Waals surface area (Å²) < 4.78 is 7.16. The molecular formula is C13H20N6O. The van der Waals surface area contributed by atoms with Crippen LogP contribution in [0.2, 0.25) is 0 Å². The van der Waals surface area contributed by atoms with E-state index in [1.807, 2.05) is 26.4 Å². The highest BCUT2D eigenvalue weighted by atomic mass is 16.5. The van der Waals surface area contributed by atoms with E-state index in [0.717, 1.165) is 19.5 Å². The Kier molecular flexibility index (Phi) is 4.75. The van der Waals surface area contributed by atoms with Crippen molar-refractivity contribution in [2.45, 2.75) is 13.3 Å². The number of methoxy groups -OCH3 is 1. The van der Waals surface area contributed by atoms with E-state index in [0.29, 0.717) is 17.4 Å². The van der Waals surface area contributed by atoms with Gasteiger partial charge in [0.25, 0.3) is 0 Å². The second-order valence-electron chi connectivity index (χ2n) is 4.33. The molecule has 2 aromatic rings. The predicted octanol–water partition coefficient (Wildman–Crippen LogP) is 1.31. The van der Waals surface area contributed by atoms with Crippen LogP contribution in [0.5, 0.6) is 5.75 Å². The Hall–Kier alpha value is -2.31. The summed E-state index contributed by atoms with van der Waals surface area (Å²) in [5.41, 5.74) is 1.18. The molecule has 2 rings (SSSR count). The summed E-state index contributed by atoms with van der Waals surface area (Å²) in [6.45, 7) is 3.55. The molecule has 0 bridgehead atoms. The number of hydrogen-bond donors (Lipinski definition) is 2. The minimum absolute atomic E-state index is 0.639. The number of nitrogens with zero attached hydrogens (tertiary/aromatic N) is 4. The Labute approximate surface area is 118 Å². The standard InChI is InChI=1S/C13H20N6O/c1-4-14-12-11(20-3)13(17-9-16-12)15-6-5-10-7-18-19(2)8-10/h7-9H,4-6H2,1-3H3,(H2,14,15,16,17). The van der Waals surface area contributed by atoms with Crippen LogP contribution in [-0.2, 0) is 13.5 Å². The molecule has 2 aromatic heterocycles. The van der Waals surface area contributed by atoms with Gasteiger partial charge in [0.15, 0.2) is 11.6 Å². The van der Waals surface area contributed by atoms with E-state index in [2.05, 4.69) is 25.7 Å². The summed E-state index contributed by atoms with van der Waals surface area (Å²) in [5, 5.41) is 10.6. The monoisotopic (exact) mass is 276 g/mol. The number of ether oxygens (including phenoxy) is 1. The quantitative estimate of drug-likeness (QED) is 0.794. The lowest BCUT2D eigenvalue weighted by Crippen LogP contribution is -2.10. The van der Waals surface area contributed by atoms with Crippen LogP contribution in [0, 0.1) is 0 Å². The normalized spacial score (nSPS) is 10.3. The molecule has 2 N–H and O–H groups in total. The van der Waals surface area contributed by atoms with Gasteiger partial charge in [0, 0.05) is 26.3 Å². The average molecular weight is 276 g/mol. The molecule has 0 aliphatic rings. The molecule has 0 radical (unpaired) electrons. The molecule has 20 heavy (non-hydrogen) atoms. The van der Waals surface area contributed by atoms with Crippen LogP contribution >= 0.6 is 0 Å². The molecular weight excluding hydrogens is 256 g/mol. The van der Waals surface area contributed by atoms with E-state index in [1.54, 1.807) is 11.8 Å². The third kappa shape index (κ3) is 3.37. The number of anilines is 2. The van der Waals surface area contributed by atoms with Crippen molar-refractivity contribution in [1.82, 2.24) is 19.7 Å². The summed E-state index contributed by atoms with van der Waals surface area (Å²) in [6.07, 6.45) is 6.26. The maximum Gasteiger partial charge on any atom is 0.204 e. The van der Waals surface area contributed by atoms with Gasteiger partial charge in [0.05, 0.1) is 13.3 Å². The van der Waals surface area contributed by atoms with Gasteiger partial charge < -0.3 is 15.4 Å². The fourth-order valence-electron chi connectivity index (χ4n) is 1.91. The Morgan fingerprint density at radius 2 is 2.00 bits per heavy atom. The minimum Gasteiger partial charge on any atom is -0.490 e. The topological polar surface area (TPSA) is 76.9 Å². The smallest absolute Gasteiger partial charge is 0.204 e. The fraction of sp³-hybridized carbons (Fsp3) is 0.462. The van der Waals surface area contributed by atoms with E-state index in [-0.39, 0.29) is 0 Å². The van der Waals surface area contributed by atoms with E-state index < -0.39 is 0 Å². The number of rotatable bonds is 7. The van der Waals surface area contributed by atoms with Crippen molar-refractivity contribution in [2.75, 3.05) is 30.8 Å². The number of nitrogens with one attached hydrogen (secondary N) is 2. The van der Waals surface area contributed by atoms with E-state index >= 15 is 0 Å². The van der Waals surface area contributed by atoms with Crippen molar-refractivity contribution in [3.05, 3.63) is 24.3 Å². The molecule has 0 amide bonds. The second kappa shape index (κ2) is 6.74. The molecule has 2 heterocycles. The Morgan fingerprint density at radius 3 is 2.60 bits per heavy atom. The van der Waals surface area contributed by atoms with Crippen LogP contribution < -0.4 is 15.4 Å². The lowest BCUT2D eigenvalue weighted by atomic mass is 10.2. The van der Waals surface area contributed by atoms with Crippen molar-refractivity contribution in [3.8, 4) is 5.75 Å². The Morgan fingerprint density at radius 1 is 1.25 bits per heavy atom. The molecule has 108 valence electrons. The van der Waals surface area contributed by atoms with Crippen LogP contribution in [0.25, 0.3) is 0 Å². The molecule has 0 saturated heterocycles. The lowest BCUT2D eigenvalue weighted by molar-refractivity contribution is 0.414. The van der Waals surface area contributed by atoms with Crippen LogP contribution in [0.15, 0.2) is 18.7 Å². The van der Waals surface area contributed by atoms with Gasteiger partial charge in [-0.3, -0.25) is 4.68 Å². The third-order valence-electron chi connectivity index (χ3n) is 2.82. The average Bonchev–Trinajstić information content (AvgIpc) is 2.85. The molecule has 7 nitrogen and oxygen atoms in total. The lowest BCUT2D eigenvalue weighted by Gasteiger charge is -2.13. The molecule has 0 unspecified atom stereocenters. The first-order chi connectivity index (χ1) is 9.74. The van der Waals surface area contributed by atoms with E-state index in [1.165, 1.54) is 11.9 Å². The van der Waals surface area contributed by atoms with Gasteiger partial charge in [0.1, 0.15) is 6.33 Å². The molecule has 0 saturated carbocycles. The zero-order valence-electron chi connectivity index (χ0n) is 12.1. The second-order valence-corrected chi connectivity index (χ2v) is 4.33. The van der Waals surface area contributed by atoms with Crippen LogP contribution in [-0.4, -0.2) is 39.9 Å². The Bertz CT molecular complexity index is 554. The van der Waals surface area contributed by atoms with Crippen molar-refractivity contribution in [3.63, 3.8) is 0 Å². The van der Waals surface area contributed by atoms with Gasteiger partial charge >= 0.3 is 0 Å². The van der Waals surface area contributed by atoms with Gasteiger partial charge in [-0.2, -0.15) is 5.10 Å². The maximum absolute atomic E-state index is 5.37. The highest BCUT2D eigenvalue weighted by Crippen LogP contribution is 2.28. The van der Waals surface area contributed by atoms with Crippen molar-refractivity contribution < 1.29 is 4.74 Å². The molecule has 0 aliphatic heterocycles. The molecule has 0 aromatic carbocycles. The Balaban J connectivity index is 1.99. The first kappa shape index (κ1) is 14.1. The highest BCUT2D eigenvalue weighted by Gasteiger charge is 2.10. The summed E-state index contributed by atoms with van der Waals surface area (Å²) >= 11 is 0. The molecule has 0 atom stereocenters. The molecule has 0 spiro atoms. The number of aryl methyl sites for hydroxylation is 1. The van der Waals surface area contributed by atoms with Gasteiger partial charge in [-0.1, -0.05) is 0 Å². The van der Waals surface area contributed by atoms with Crippen molar-refractivity contribution in [2.24, 2.45) is 7.05 Å². The maximum atomic E-state index is 5.37. The summed E-state index contributed by atoms with van der Waals surface area (Å²) in [7, 11) is 3.53. The van der Waals surface area contributed by atoms with Gasteiger partial charge in [0.2, 0.25) is 5.75 Å².